The lowest BCUT2D eigenvalue weighted by Crippen LogP contribution is -2.62. The normalized spacial score (nSPS) is 29.4. The molecule has 3 nitrogen and oxygen atoms in total. The van der Waals surface area contributed by atoms with Gasteiger partial charge in [-0.1, -0.05) is 6.92 Å². The molecule has 84 valence electrons. The average molecular weight is 200 g/mol. The number of piperazine rings is 1. The van der Waals surface area contributed by atoms with Crippen LogP contribution in [0.3, 0.4) is 0 Å². The highest BCUT2D eigenvalue weighted by Crippen LogP contribution is 2.22. The molecule has 0 aliphatic carbocycles. The molecule has 0 aromatic carbocycles. The molecule has 1 N–H and O–H groups in total. The molecule has 0 saturated carbocycles. The minimum Gasteiger partial charge on any atom is -0.395 e. The molecule has 0 aromatic heterocycles. The van der Waals surface area contributed by atoms with Crippen LogP contribution in [0.4, 0.5) is 0 Å². The Bertz CT molecular complexity index is 182. The Balaban J connectivity index is 2.64. The Labute approximate surface area is 87.7 Å². The molecule has 1 aliphatic rings. The Kier molecular flexibility index (Phi) is 3.93. The van der Waals surface area contributed by atoms with Crippen molar-refractivity contribution in [3.63, 3.8) is 0 Å². The van der Waals surface area contributed by atoms with Crippen LogP contribution in [-0.4, -0.2) is 59.8 Å². The predicted octanol–water partition coefficient (Wildman–Crippen LogP) is 0.783. The summed E-state index contributed by atoms with van der Waals surface area (Å²) in [5.74, 6) is 0. The first-order chi connectivity index (χ1) is 6.51. The van der Waals surface area contributed by atoms with E-state index in [1.807, 2.05) is 0 Å². The van der Waals surface area contributed by atoms with E-state index in [9.17, 15) is 5.11 Å². The number of aliphatic hydroxyl groups excluding tert-OH is 1. The van der Waals surface area contributed by atoms with Crippen molar-refractivity contribution in [1.82, 2.24) is 9.80 Å². The SMILES string of the molecule is CCCN1CC(C)(C)N(C)CC1CO. The van der Waals surface area contributed by atoms with E-state index in [4.69, 9.17) is 0 Å². The van der Waals surface area contributed by atoms with Gasteiger partial charge in [-0.15, -0.1) is 0 Å². The van der Waals surface area contributed by atoms with Crippen molar-refractivity contribution in [1.29, 1.82) is 0 Å². The number of nitrogens with zero attached hydrogens (tertiary/aromatic N) is 2. The summed E-state index contributed by atoms with van der Waals surface area (Å²) in [5, 5.41) is 9.31. The van der Waals surface area contributed by atoms with Gasteiger partial charge in [-0.05, 0) is 33.9 Å². The standard InChI is InChI=1S/C11H24N2O/c1-5-6-13-9-11(2,3)12(4)7-10(13)8-14/h10,14H,5-9H2,1-4H3. The fourth-order valence-corrected chi connectivity index (χ4v) is 2.15. The van der Waals surface area contributed by atoms with Crippen molar-refractivity contribution < 1.29 is 5.11 Å². The van der Waals surface area contributed by atoms with Crippen molar-refractivity contribution in [2.75, 3.05) is 33.3 Å². The fraction of sp³-hybridized carbons (Fsp3) is 1.00. The molecular formula is C11H24N2O. The Hall–Kier alpha value is -0.120. The van der Waals surface area contributed by atoms with Crippen LogP contribution < -0.4 is 0 Å². The second kappa shape index (κ2) is 4.60. The molecule has 0 aromatic rings. The monoisotopic (exact) mass is 200 g/mol. The Morgan fingerprint density at radius 2 is 2.07 bits per heavy atom. The predicted molar refractivity (Wildman–Crippen MR) is 59.4 cm³/mol. The summed E-state index contributed by atoms with van der Waals surface area (Å²) in [6.07, 6.45) is 1.16. The molecule has 3 heteroatoms. The molecule has 1 unspecified atom stereocenters. The number of hydrogen-bond acceptors (Lipinski definition) is 3. The molecule has 1 fully saturated rings. The molecule has 1 aliphatic heterocycles. The van der Waals surface area contributed by atoms with Gasteiger partial charge in [-0.2, -0.15) is 0 Å². The highest BCUT2D eigenvalue weighted by molar-refractivity contribution is 4.92. The van der Waals surface area contributed by atoms with E-state index in [2.05, 4.69) is 37.6 Å². The van der Waals surface area contributed by atoms with Gasteiger partial charge < -0.3 is 5.11 Å². The van der Waals surface area contributed by atoms with Gasteiger partial charge in [0.1, 0.15) is 0 Å². The van der Waals surface area contributed by atoms with Crippen LogP contribution in [0, 0.1) is 0 Å². The second-order valence-corrected chi connectivity index (χ2v) is 5.00. The lowest BCUT2D eigenvalue weighted by Gasteiger charge is -2.49. The zero-order valence-electron chi connectivity index (χ0n) is 9.95. The maximum Gasteiger partial charge on any atom is 0.0599 e. The van der Waals surface area contributed by atoms with Gasteiger partial charge in [-0.3, -0.25) is 9.80 Å². The highest BCUT2D eigenvalue weighted by Gasteiger charge is 2.35. The van der Waals surface area contributed by atoms with Crippen LogP contribution in [0.5, 0.6) is 0 Å². The number of rotatable bonds is 3. The quantitative estimate of drug-likeness (QED) is 0.729. The molecule has 0 spiro atoms. The summed E-state index contributed by atoms with van der Waals surface area (Å²) in [7, 11) is 2.14. The van der Waals surface area contributed by atoms with E-state index in [1.54, 1.807) is 0 Å². The van der Waals surface area contributed by atoms with Crippen molar-refractivity contribution in [3.8, 4) is 0 Å². The minimum absolute atomic E-state index is 0.237. The molecule has 14 heavy (non-hydrogen) atoms. The first kappa shape index (κ1) is 12.0. The van der Waals surface area contributed by atoms with Gasteiger partial charge in [0.2, 0.25) is 0 Å². The van der Waals surface area contributed by atoms with Crippen LogP contribution in [0.1, 0.15) is 27.2 Å². The summed E-state index contributed by atoms with van der Waals surface area (Å²) in [6.45, 7) is 10.1. The van der Waals surface area contributed by atoms with Gasteiger partial charge in [0.25, 0.3) is 0 Å². The number of likely N-dealkylation sites (N-methyl/N-ethyl adjacent to an activating group) is 1. The number of hydrogen-bond donors (Lipinski definition) is 1. The zero-order chi connectivity index (χ0) is 10.8. The Morgan fingerprint density at radius 1 is 1.43 bits per heavy atom. The third kappa shape index (κ3) is 2.47. The van der Waals surface area contributed by atoms with Gasteiger partial charge >= 0.3 is 0 Å². The molecule has 0 amide bonds. The van der Waals surface area contributed by atoms with Crippen LogP contribution in [-0.2, 0) is 0 Å². The van der Waals surface area contributed by atoms with Gasteiger partial charge in [-0.25, -0.2) is 0 Å². The summed E-state index contributed by atoms with van der Waals surface area (Å²) >= 11 is 0. The second-order valence-electron chi connectivity index (χ2n) is 5.00. The summed E-state index contributed by atoms with van der Waals surface area (Å²) in [6, 6.07) is 0.327. The third-order valence-corrected chi connectivity index (χ3v) is 3.35. The van der Waals surface area contributed by atoms with E-state index >= 15 is 0 Å². The molecule has 1 rings (SSSR count). The summed E-state index contributed by atoms with van der Waals surface area (Å²) in [4.78, 5) is 4.76. The van der Waals surface area contributed by atoms with Crippen molar-refractivity contribution in [2.45, 2.75) is 38.8 Å². The maximum absolute atomic E-state index is 9.31. The largest absolute Gasteiger partial charge is 0.395 e. The van der Waals surface area contributed by atoms with Gasteiger partial charge in [0.05, 0.1) is 6.61 Å². The molecule has 1 saturated heterocycles. The molecule has 1 atom stereocenters. The molecular weight excluding hydrogens is 176 g/mol. The van der Waals surface area contributed by atoms with E-state index in [0.29, 0.717) is 6.04 Å². The summed E-state index contributed by atoms with van der Waals surface area (Å²) < 4.78 is 0. The lowest BCUT2D eigenvalue weighted by atomic mass is 9.96. The fourth-order valence-electron chi connectivity index (χ4n) is 2.15. The van der Waals surface area contributed by atoms with E-state index < -0.39 is 0 Å². The van der Waals surface area contributed by atoms with Crippen LogP contribution in [0.25, 0.3) is 0 Å². The third-order valence-electron chi connectivity index (χ3n) is 3.35. The number of aliphatic hydroxyl groups is 1. The van der Waals surface area contributed by atoms with Crippen LogP contribution in [0.15, 0.2) is 0 Å². The van der Waals surface area contributed by atoms with E-state index in [1.165, 1.54) is 0 Å². The van der Waals surface area contributed by atoms with Gasteiger partial charge in [0, 0.05) is 24.7 Å². The first-order valence-electron chi connectivity index (χ1n) is 5.57. The minimum atomic E-state index is 0.237. The zero-order valence-corrected chi connectivity index (χ0v) is 9.95. The molecule has 0 radical (unpaired) electrons. The Morgan fingerprint density at radius 3 is 2.57 bits per heavy atom. The highest BCUT2D eigenvalue weighted by atomic mass is 16.3. The summed E-state index contributed by atoms with van der Waals surface area (Å²) in [5.41, 5.74) is 0.237. The molecule has 0 bridgehead atoms. The van der Waals surface area contributed by atoms with Crippen molar-refractivity contribution >= 4 is 0 Å². The van der Waals surface area contributed by atoms with Crippen LogP contribution in [0.2, 0.25) is 0 Å². The van der Waals surface area contributed by atoms with Crippen molar-refractivity contribution in [3.05, 3.63) is 0 Å². The first-order valence-corrected chi connectivity index (χ1v) is 5.57. The lowest BCUT2D eigenvalue weighted by molar-refractivity contribution is -0.0203. The average Bonchev–Trinajstić information content (AvgIpc) is 2.11. The maximum atomic E-state index is 9.31. The van der Waals surface area contributed by atoms with E-state index in [0.717, 1.165) is 26.1 Å². The molecule has 1 heterocycles. The van der Waals surface area contributed by atoms with E-state index in [-0.39, 0.29) is 12.1 Å². The van der Waals surface area contributed by atoms with Crippen molar-refractivity contribution in [2.24, 2.45) is 0 Å². The van der Waals surface area contributed by atoms with Crippen LogP contribution >= 0.6 is 0 Å². The smallest absolute Gasteiger partial charge is 0.0599 e. The van der Waals surface area contributed by atoms with Gasteiger partial charge in [0.15, 0.2) is 0 Å². The topological polar surface area (TPSA) is 26.7 Å².